The normalized spacial score (nSPS) is 12.5. The van der Waals surface area contributed by atoms with E-state index in [-0.39, 0.29) is 0 Å². The third kappa shape index (κ3) is 4.51. The molecule has 0 aromatic heterocycles. The lowest BCUT2D eigenvalue weighted by atomic mass is 10.2. The van der Waals surface area contributed by atoms with Crippen molar-refractivity contribution in [1.29, 1.82) is 0 Å². The van der Waals surface area contributed by atoms with E-state index >= 15 is 0 Å². The molecule has 12 heteroatoms. The van der Waals surface area contributed by atoms with Crippen LogP contribution in [0.5, 0.6) is 0 Å². The zero-order chi connectivity index (χ0) is 18.6. The van der Waals surface area contributed by atoms with Crippen LogP contribution in [-0.4, -0.2) is 42.9 Å². The van der Waals surface area contributed by atoms with Gasteiger partial charge in [0.2, 0.25) is 5.91 Å². The largest absolute Gasteiger partial charge is 0.459 e. The minimum atomic E-state index is -5.71. The maximum absolute atomic E-state index is 12.2. The van der Waals surface area contributed by atoms with E-state index in [0.717, 1.165) is 6.92 Å². The predicted molar refractivity (Wildman–Crippen MR) is 81.7 cm³/mol. The Labute approximate surface area is 137 Å². The van der Waals surface area contributed by atoms with Crippen LogP contribution in [0.1, 0.15) is 12.5 Å². The summed E-state index contributed by atoms with van der Waals surface area (Å²) in [5.74, 6) is -2.64. The Morgan fingerprint density at radius 3 is 2.00 bits per heavy atom. The first-order valence-corrected chi connectivity index (χ1v) is 9.71. The highest BCUT2D eigenvalue weighted by Crippen LogP contribution is 2.69. The van der Waals surface area contributed by atoms with Gasteiger partial charge in [-0.1, -0.05) is 30.3 Å². The van der Waals surface area contributed by atoms with Crippen LogP contribution < -0.4 is 5.32 Å². The van der Waals surface area contributed by atoms with Crippen molar-refractivity contribution in [2.75, 3.05) is 6.54 Å². The van der Waals surface area contributed by atoms with Gasteiger partial charge in [-0.3, -0.25) is 13.9 Å². The van der Waals surface area contributed by atoms with Gasteiger partial charge in [0.1, 0.15) is 6.61 Å². The van der Waals surface area contributed by atoms with Gasteiger partial charge < -0.3 is 29.6 Å². The molecule has 0 radical (unpaired) electrons. The molecule has 0 spiro atoms. The van der Waals surface area contributed by atoms with E-state index in [9.17, 15) is 38.3 Å². The summed E-state index contributed by atoms with van der Waals surface area (Å²) in [5, 5.41) is 1.85. The van der Waals surface area contributed by atoms with Crippen molar-refractivity contribution < 1.29 is 43.0 Å². The molecule has 0 bridgehead atoms. The lowest BCUT2D eigenvalue weighted by Gasteiger charge is -2.32. The number of amides is 1. The second-order valence-corrected chi connectivity index (χ2v) is 8.93. The molecule has 0 atom stereocenters. The molecule has 24 heavy (non-hydrogen) atoms. The summed E-state index contributed by atoms with van der Waals surface area (Å²) in [5.41, 5.74) is 0.440. The summed E-state index contributed by atoms with van der Waals surface area (Å²) in [4.78, 5) is 57.3. The molecule has 5 N–H and O–H groups in total. The van der Waals surface area contributed by atoms with E-state index in [1.807, 2.05) is 5.32 Å². The maximum atomic E-state index is 12.2. The fourth-order valence-corrected chi connectivity index (χ4v) is 4.30. The zero-order valence-electron chi connectivity index (χ0n) is 12.5. The van der Waals surface area contributed by atoms with Crippen molar-refractivity contribution in [3.8, 4) is 0 Å². The van der Waals surface area contributed by atoms with E-state index in [0.29, 0.717) is 5.56 Å². The molecular formula is C12H17NO9P2. The predicted octanol–water partition coefficient (Wildman–Crippen LogP) is -0.0824. The van der Waals surface area contributed by atoms with Crippen molar-refractivity contribution in [3.63, 3.8) is 0 Å². The Kier molecular flexibility index (Phi) is 6.46. The highest BCUT2D eigenvalue weighted by atomic mass is 31.2. The molecule has 0 unspecified atom stereocenters. The first-order valence-electron chi connectivity index (χ1n) is 6.48. The fourth-order valence-electron chi connectivity index (χ4n) is 1.77. The average molecular weight is 381 g/mol. The van der Waals surface area contributed by atoms with Gasteiger partial charge in [-0.15, -0.1) is 0 Å². The standard InChI is InChI=1S/C12H17NO9P2/c1-9(14)13-8-12(23(16,17)18,24(19,20)21)11(15)22-7-10-5-3-2-4-6-10/h2-6H,7-8H2,1H3,(H,13,14)(H2,16,17,18)(H2,19,20,21). The number of ether oxygens (including phenoxy) is 1. The van der Waals surface area contributed by atoms with Gasteiger partial charge in [0.05, 0.1) is 6.54 Å². The Morgan fingerprint density at radius 2 is 1.58 bits per heavy atom. The molecule has 134 valence electrons. The number of benzene rings is 1. The highest BCUT2D eigenvalue weighted by Gasteiger charge is 2.67. The van der Waals surface area contributed by atoms with Crippen molar-refractivity contribution in [2.24, 2.45) is 0 Å². The van der Waals surface area contributed by atoms with Crippen LogP contribution in [0.3, 0.4) is 0 Å². The van der Waals surface area contributed by atoms with Gasteiger partial charge in [-0.25, -0.2) is 4.79 Å². The first-order chi connectivity index (χ1) is 10.9. The fraction of sp³-hybridized carbons (Fsp3) is 0.333. The molecule has 0 aliphatic rings. The van der Waals surface area contributed by atoms with E-state index in [1.54, 1.807) is 18.2 Å². The number of carbonyl (C=O) groups is 2. The second kappa shape index (κ2) is 7.57. The third-order valence-electron chi connectivity index (χ3n) is 3.09. The minimum absolute atomic E-state index is 0.440. The average Bonchev–Trinajstić information content (AvgIpc) is 2.43. The van der Waals surface area contributed by atoms with Crippen LogP contribution >= 0.6 is 15.2 Å². The molecule has 1 amide bonds. The van der Waals surface area contributed by atoms with Crippen LogP contribution in [0.4, 0.5) is 0 Å². The summed E-state index contributed by atoms with van der Waals surface area (Å²) >= 11 is 0. The summed E-state index contributed by atoms with van der Waals surface area (Å²) in [7, 11) is -11.4. The Morgan fingerprint density at radius 1 is 1.08 bits per heavy atom. The van der Waals surface area contributed by atoms with Gasteiger partial charge in [0.25, 0.3) is 4.90 Å². The van der Waals surface area contributed by atoms with Crippen LogP contribution in [0.25, 0.3) is 0 Å². The Bertz CT molecular complexity index is 672. The lowest BCUT2D eigenvalue weighted by molar-refractivity contribution is -0.146. The Balaban J connectivity index is 3.19. The van der Waals surface area contributed by atoms with E-state index in [4.69, 9.17) is 4.74 Å². The van der Waals surface area contributed by atoms with Gasteiger partial charge in [-0.2, -0.15) is 0 Å². The lowest BCUT2D eigenvalue weighted by Crippen LogP contribution is -2.49. The third-order valence-corrected chi connectivity index (χ3v) is 7.26. The molecule has 1 aromatic rings. The number of esters is 1. The van der Waals surface area contributed by atoms with Crippen molar-refractivity contribution in [3.05, 3.63) is 35.9 Å². The summed E-state index contributed by atoms with van der Waals surface area (Å²) in [6, 6.07) is 7.98. The SMILES string of the molecule is CC(=O)NCC(C(=O)OCc1ccccc1)(P(=O)(O)O)P(=O)(O)O. The minimum Gasteiger partial charge on any atom is -0.459 e. The zero-order valence-corrected chi connectivity index (χ0v) is 14.3. The molecule has 0 fully saturated rings. The van der Waals surface area contributed by atoms with E-state index < -0.39 is 45.1 Å². The monoisotopic (exact) mass is 381 g/mol. The topological polar surface area (TPSA) is 170 Å². The van der Waals surface area contributed by atoms with Crippen LogP contribution in [0, 0.1) is 0 Å². The second-order valence-electron chi connectivity index (χ2n) is 4.88. The molecule has 1 aromatic carbocycles. The van der Waals surface area contributed by atoms with Crippen LogP contribution in [-0.2, 0) is 30.1 Å². The number of rotatable bonds is 7. The van der Waals surface area contributed by atoms with Crippen LogP contribution in [0.2, 0.25) is 0 Å². The van der Waals surface area contributed by atoms with Crippen LogP contribution in [0.15, 0.2) is 30.3 Å². The molecule has 10 nitrogen and oxygen atoms in total. The number of nitrogens with one attached hydrogen (secondary N) is 1. The molecule has 0 saturated carbocycles. The van der Waals surface area contributed by atoms with Crippen molar-refractivity contribution in [2.45, 2.75) is 18.4 Å². The highest BCUT2D eigenvalue weighted by molar-refractivity contribution is 7.74. The van der Waals surface area contributed by atoms with E-state index in [2.05, 4.69) is 0 Å². The summed E-state index contributed by atoms with van der Waals surface area (Å²) < 4.78 is 28.1. The Hall–Kier alpha value is -1.54. The molecular weight excluding hydrogens is 364 g/mol. The van der Waals surface area contributed by atoms with E-state index in [1.165, 1.54) is 12.1 Å². The van der Waals surface area contributed by atoms with Gasteiger partial charge >= 0.3 is 21.2 Å². The molecule has 0 heterocycles. The van der Waals surface area contributed by atoms with Gasteiger partial charge in [0.15, 0.2) is 0 Å². The molecule has 0 aliphatic carbocycles. The van der Waals surface area contributed by atoms with Gasteiger partial charge in [-0.05, 0) is 5.56 Å². The van der Waals surface area contributed by atoms with Crippen molar-refractivity contribution in [1.82, 2.24) is 5.32 Å². The van der Waals surface area contributed by atoms with Gasteiger partial charge in [0, 0.05) is 6.92 Å². The quantitative estimate of drug-likeness (QED) is 0.320. The first kappa shape index (κ1) is 20.5. The number of carbonyl (C=O) groups excluding carboxylic acids is 2. The molecule has 0 aliphatic heterocycles. The van der Waals surface area contributed by atoms with Crippen molar-refractivity contribution >= 4 is 27.1 Å². The summed E-state index contributed by atoms with van der Waals surface area (Å²) in [6.45, 7) is -0.772. The number of hydrogen-bond acceptors (Lipinski definition) is 5. The molecule has 0 saturated heterocycles. The maximum Gasteiger partial charge on any atom is 0.357 e. The smallest absolute Gasteiger partial charge is 0.357 e. The number of hydrogen-bond donors (Lipinski definition) is 5. The summed E-state index contributed by atoms with van der Waals surface area (Å²) in [6.07, 6.45) is 0. The molecule has 1 rings (SSSR count).